The fraction of sp³-hybridized carbons (Fsp3) is 0.538. The number of benzene rings is 1. The summed E-state index contributed by atoms with van der Waals surface area (Å²) in [6.07, 6.45) is 0.455. The Labute approximate surface area is 118 Å². The molecule has 7 heteroatoms. The van der Waals surface area contributed by atoms with Crippen molar-refractivity contribution in [3.63, 3.8) is 0 Å². The molecule has 0 saturated carbocycles. The topological polar surface area (TPSA) is 84.9 Å². The Morgan fingerprint density at radius 2 is 1.95 bits per heavy atom. The van der Waals surface area contributed by atoms with Crippen molar-refractivity contribution in [2.75, 3.05) is 19.8 Å². The van der Waals surface area contributed by atoms with Crippen molar-refractivity contribution in [2.45, 2.75) is 30.8 Å². The lowest BCUT2D eigenvalue weighted by Gasteiger charge is -2.22. The molecule has 1 atom stereocenters. The Balaban J connectivity index is 2.17. The lowest BCUT2D eigenvalue weighted by Crippen LogP contribution is -2.40. The van der Waals surface area contributed by atoms with E-state index in [0.29, 0.717) is 31.1 Å². The summed E-state index contributed by atoms with van der Waals surface area (Å²) >= 11 is 0. The molecule has 0 spiro atoms. The molecule has 1 aliphatic rings. The highest BCUT2D eigenvalue weighted by molar-refractivity contribution is 7.89. The predicted molar refractivity (Wildman–Crippen MR) is 73.5 cm³/mol. The van der Waals surface area contributed by atoms with Gasteiger partial charge >= 0.3 is 0 Å². The standard InChI is InChI=1S/C13H19NO5S/c1-3-13(2,15)9-14-20(16,17)10-4-5-11-12(8-10)19-7-6-18-11/h4-5,8,14-15H,3,6-7,9H2,1-2H3. The third kappa shape index (κ3) is 3.41. The number of hydrogen-bond acceptors (Lipinski definition) is 5. The second-order valence-electron chi connectivity index (χ2n) is 4.98. The van der Waals surface area contributed by atoms with Crippen molar-refractivity contribution < 1.29 is 23.0 Å². The van der Waals surface area contributed by atoms with Gasteiger partial charge in [0.2, 0.25) is 10.0 Å². The Bertz CT molecular complexity index is 582. The van der Waals surface area contributed by atoms with E-state index in [1.54, 1.807) is 19.9 Å². The van der Waals surface area contributed by atoms with Gasteiger partial charge in [-0.3, -0.25) is 0 Å². The molecule has 112 valence electrons. The van der Waals surface area contributed by atoms with Crippen molar-refractivity contribution in [3.8, 4) is 11.5 Å². The van der Waals surface area contributed by atoms with Gasteiger partial charge in [-0.15, -0.1) is 0 Å². The Hall–Kier alpha value is -1.31. The highest BCUT2D eigenvalue weighted by atomic mass is 32.2. The van der Waals surface area contributed by atoms with Gasteiger partial charge in [-0.05, 0) is 25.5 Å². The zero-order valence-electron chi connectivity index (χ0n) is 11.5. The van der Waals surface area contributed by atoms with Crippen molar-refractivity contribution in [3.05, 3.63) is 18.2 Å². The van der Waals surface area contributed by atoms with Crippen molar-refractivity contribution in [1.29, 1.82) is 0 Å². The summed E-state index contributed by atoms with van der Waals surface area (Å²) in [7, 11) is -3.68. The third-order valence-electron chi connectivity index (χ3n) is 3.23. The molecule has 0 bridgehead atoms. The van der Waals surface area contributed by atoms with E-state index in [9.17, 15) is 13.5 Å². The average Bonchev–Trinajstić information content (AvgIpc) is 2.45. The van der Waals surface area contributed by atoms with E-state index in [0.717, 1.165) is 0 Å². The summed E-state index contributed by atoms with van der Waals surface area (Å²) in [5.74, 6) is 0.956. The summed E-state index contributed by atoms with van der Waals surface area (Å²) in [6, 6.07) is 4.45. The quantitative estimate of drug-likeness (QED) is 0.844. The highest BCUT2D eigenvalue weighted by Gasteiger charge is 2.24. The molecular weight excluding hydrogens is 282 g/mol. The summed E-state index contributed by atoms with van der Waals surface area (Å²) in [5.41, 5.74) is -1.07. The number of nitrogens with one attached hydrogen (secondary N) is 1. The SMILES string of the molecule is CCC(C)(O)CNS(=O)(=O)c1ccc2c(c1)OCCO2. The maximum atomic E-state index is 12.2. The van der Waals surface area contributed by atoms with Crippen LogP contribution >= 0.6 is 0 Å². The van der Waals surface area contributed by atoms with Crippen LogP contribution in [0.4, 0.5) is 0 Å². The van der Waals surface area contributed by atoms with Crippen LogP contribution in [0.15, 0.2) is 23.1 Å². The molecule has 0 aromatic heterocycles. The molecule has 1 aliphatic heterocycles. The molecule has 0 amide bonds. The van der Waals surface area contributed by atoms with Gasteiger partial charge in [-0.2, -0.15) is 0 Å². The maximum absolute atomic E-state index is 12.2. The number of sulfonamides is 1. The third-order valence-corrected chi connectivity index (χ3v) is 4.63. The number of rotatable bonds is 5. The summed E-state index contributed by atoms with van der Waals surface area (Å²) in [5, 5.41) is 9.85. The second kappa shape index (κ2) is 5.59. The normalized spacial score (nSPS) is 17.6. The van der Waals surface area contributed by atoms with Crippen molar-refractivity contribution in [1.82, 2.24) is 4.72 Å². The van der Waals surface area contributed by atoms with Crippen LogP contribution < -0.4 is 14.2 Å². The lowest BCUT2D eigenvalue weighted by atomic mass is 10.1. The van der Waals surface area contributed by atoms with Crippen LogP contribution in [0, 0.1) is 0 Å². The van der Waals surface area contributed by atoms with E-state index >= 15 is 0 Å². The summed E-state index contributed by atoms with van der Waals surface area (Å²) < 4.78 is 37.4. The molecule has 1 aromatic carbocycles. The maximum Gasteiger partial charge on any atom is 0.240 e. The molecule has 0 radical (unpaired) electrons. The largest absolute Gasteiger partial charge is 0.486 e. The molecule has 0 saturated heterocycles. The molecule has 20 heavy (non-hydrogen) atoms. The number of aliphatic hydroxyl groups is 1. The van der Waals surface area contributed by atoms with Crippen LogP contribution in [0.2, 0.25) is 0 Å². The Kier molecular flexibility index (Phi) is 4.22. The van der Waals surface area contributed by atoms with E-state index in [1.165, 1.54) is 12.1 Å². The molecule has 2 rings (SSSR count). The molecule has 1 unspecified atom stereocenters. The van der Waals surface area contributed by atoms with Crippen molar-refractivity contribution in [2.24, 2.45) is 0 Å². The van der Waals surface area contributed by atoms with Gasteiger partial charge in [-0.25, -0.2) is 13.1 Å². The minimum atomic E-state index is -3.68. The molecule has 1 heterocycles. The fourth-order valence-electron chi connectivity index (χ4n) is 1.65. The van der Waals surface area contributed by atoms with Gasteiger partial charge in [0.25, 0.3) is 0 Å². The van der Waals surface area contributed by atoms with Gasteiger partial charge in [0.05, 0.1) is 10.5 Å². The molecule has 0 fully saturated rings. The summed E-state index contributed by atoms with van der Waals surface area (Å²) in [4.78, 5) is 0.0913. The van der Waals surface area contributed by atoms with Crippen molar-refractivity contribution >= 4 is 10.0 Å². The predicted octanol–water partition coefficient (Wildman–Crippen LogP) is 0.897. The van der Waals surface area contributed by atoms with E-state index in [2.05, 4.69) is 4.72 Å². The van der Waals surface area contributed by atoms with Crippen LogP contribution in [0.3, 0.4) is 0 Å². The smallest absolute Gasteiger partial charge is 0.240 e. The van der Waals surface area contributed by atoms with Crippen LogP contribution in [0.1, 0.15) is 20.3 Å². The van der Waals surface area contributed by atoms with Gasteiger partial charge in [0.15, 0.2) is 11.5 Å². The van der Waals surface area contributed by atoms with Gasteiger partial charge in [0.1, 0.15) is 13.2 Å². The van der Waals surface area contributed by atoms with Gasteiger partial charge < -0.3 is 14.6 Å². The first kappa shape index (κ1) is 15.1. The molecular formula is C13H19NO5S. The number of hydrogen-bond donors (Lipinski definition) is 2. The first-order valence-corrected chi connectivity index (χ1v) is 7.94. The minimum absolute atomic E-state index is 0.0414. The van der Waals surface area contributed by atoms with E-state index in [-0.39, 0.29) is 11.4 Å². The van der Waals surface area contributed by atoms with Crippen LogP contribution in [-0.2, 0) is 10.0 Å². The van der Waals surface area contributed by atoms with Crippen LogP contribution in [-0.4, -0.2) is 38.9 Å². The first-order chi connectivity index (χ1) is 9.34. The van der Waals surface area contributed by atoms with E-state index in [1.807, 2.05) is 0 Å². The van der Waals surface area contributed by atoms with Gasteiger partial charge in [0, 0.05) is 12.6 Å². The monoisotopic (exact) mass is 301 g/mol. The van der Waals surface area contributed by atoms with E-state index < -0.39 is 15.6 Å². The highest BCUT2D eigenvalue weighted by Crippen LogP contribution is 2.32. The number of ether oxygens (including phenoxy) is 2. The fourth-order valence-corrected chi connectivity index (χ4v) is 2.83. The van der Waals surface area contributed by atoms with E-state index in [4.69, 9.17) is 9.47 Å². The molecule has 1 aromatic rings. The first-order valence-electron chi connectivity index (χ1n) is 6.46. The number of fused-ring (bicyclic) bond motifs is 1. The lowest BCUT2D eigenvalue weighted by molar-refractivity contribution is 0.0613. The molecule has 2 N–H and O–H groups in total. The van der Waals surface area contributed by atoms with Gasteiger partial charge in [-0.1, -0.05) is 6.92 Å². The Morgan fingerprint density at radius 3 is 2.60 bits per heavy atom. The van der Waals surface area contributed by atoms with Crippen LogP contribution in [0.25, 0.3) is 0 Å². The zero-order valence-corrected chi connectivity index (χ0v) is 12.4. The average molecular weight is 301 g/mol. The second-order valence-corrected chi connectivity index (χ2v) is 6.75. The minimum Gasteiger partial charge on any atom is -0.486 e. The zero-order chi connectivity index (χ0) is 14.8. The molecule has 6 nitrogen and oxygen atoms in total. The van der Waals surface area contributed by atoms with Crippen LogP contribution in [0.5, 0.6) is 11.5 Å². The molecule has 0 aliphatic carbocycles. The summed E-state index contributed by atoms with van der Waals surface area (Å²) in [6.45, 7) is 4.18. The Morgan fingerprint density at radius 1 is 1.30 bits per heavy atom.